The summed E-state index contributed by atoms with van der Waals surface area (Å²) in [5.74, 6) is -1.68. The Bertz CT molecular complexity index is 1510. The van der Waals surface area contributed by atoms with Crippen LogP contribution in [0.25, 0.3) is 21.9 Å². The van der Waals surface area contributed by atoms with E-state index in [4.69, 9.17) is 26.6 Å². The molecule has 3 aromatic rings. The van der Waals surface area contributed by atoms with Crippen LogP contribution in [0.5, 0.6) is 5.88 Å². The normalized spacial score (nSPS) is 20.1. The highest BCUT2D eigenvalue weighted by Gasteiger charge is 2.38. The highest BCUT2D eigenvalue weighted by atomic mass is 17.1. The van der Waals surface area contributed by atoms with E-state index in [2.05, 4.69) is 44.8 Å². The van der Waals surface area contributed by atoms with Gasteiger partial charge < -0.3 is 19.2 Å². The number of aromatic nitrogens is 3. The molecule has 0 radical (unpaired) electrons. The van der Waals surface area contributed by atoms with Gasteiger partial charge in [0.2, 0.25) is 17.6 Å². The van der Waals surface area contributed by atoms with Crippen molar-refractivity contribution < 1.29 is 39.4 Å². The van der Waals surface area contributed by atoms with Crippen LogP contribution in [0.15, 0.2) is 49.2 Å². The number of carbonyl (C=O) groups is 2. The van der Waals surface area contributed by atoms with Gasteiger partial charge in [0.05, 0.1) is 6.57 Å². The summed E-state index contributed by atoms with van der Waals surface area (Å²) in [7, 11) is 0. The van der Waals surface area contributed by atoms with Crippen LogP contribution in [0.2, 0.25) is 0 Å². The number of ether oxygens (including phenoxy) is 2. The van der Waals surface area contributed by atoms with Crippen molar-refractivity contribution in [3.63, 3.8) is 0 Å². The molecular formula is C28H31N5O8. The largest absolute Gasteiger partial charge is 0.459 e. The van der Waals surface area contributed by atoms with Crippen molar-refractivity contribution in [3.8, 4) is 17.3 Å². The summed E-state index contributed by atoms with van der Waals surface area (Å²) in [6, 6.07) is 7.37. The quantitative estimate of drug-likeness (QED) is 0.0961. The lowest BCUT2D eigenvalue weighted by atomic mass is 9.75. The molecule has 3 N–H and O–H groups in total. The van der Waals surface area contributed by atoms with Crippen LogP contribution in [-0.2, 0) is 14.5 Å². The van der Waals surface area contributed by atoms with Gasteiger partial charge in [-0.05, 0) is 50.7 Å². The Morgan fingerprint density at radius 3 is 2.22 bits per heavy atom. The molecule has 2 aromatic heterocycles. The molecule has 1 aliphatic rings. The summed E-state index contributed by atoms with van der Waals surface area (Å²) in [5, 5.41) is 21.0. The number of aryl methyl sites for hydroxylation is 1. The number of amides is 1. The summed E-state index contributed by atoms with van der Waals surface area (Å²) in [5.41, 5.74) is 1.12. The summed E-state index contributed by atoms with van der Waals surface area (Å²) < 4.78 is 12.6. The Hall–Kier alpha value is -4.80. The first-order valence-electron chi connectivity index (χ1n) is 12.8. The molecule has 1 fully saturated rings. The smallest absolute Gasteiger partial charge is 0.429 e. The minimum absolute atomic E-state index is 0.00937. The number of nitrogens with zero attached hydrogens (tertiary/aromatic N) is 4. The molecule has 0 aliphatic heterocycles. The standard InChI is InChI=1S/C28H31N5O8/c1-14-8-10-20(11-9-14)24-30-25-21(27(34)38-23-16(3)12-15(2)13-17(23)4)22(29-7)26(33(25)31-24)39-28(35)32(18(5)40-36)19(6)41-37/h8-11,15-17,23,36-37H,5-6,12-13H2,1-4H3,(H,30,31). The van der Waals surface area contributed by atoms with Gasteiger partial charge in [-0.1, -0.05) is 50.6 Å². The summed E-state index contributed by atoms with van der Waals surface area (Å²) in [6.07, 6.45) is 0.0341. The van der Waals surface area contributed by atoms with Crippen molar-refractivity contribution in [1.29, 1.82) is 0 Å². The number of H-pyrrole nitrogens is 1. The maximum Gasteiger partial charge on any atom is 0.429 e. The number of hydrogen-bond acceptors (Lipinski definition) is 9. The average molecular weight is 566 g/mol. The van der Waals surface area contributed by atoms with Crippen LogP contribution in [0, 0.1) is 31.2 Å². The number of benzene rings is 1. The third-order valence-corrected chi connectivity index (χ3v) is 7.14. The second kappa shape index (κ2) is 11.7. The monoisotopic (exact) mass is 565 g/mol. The van der Waals surface area contributed by atoms with Gasteiger partial charge in [0.1, 0.15) is 11.7 Å². The lowest BCUT2D eigenvalue weighted by Gasteiger charge is -2.37. The Morgan fingerprint density at radius 1 is 1.10 bits per heavy atom. The van der Waals surface area contributed by atoms with E-state index in [9.17, 15) is 9.59 Å². The predicted octanol–water partition coefficient (Wildman–Crippen LogP) is 6.14. The van der Waals surface area contributed by atoms with Gasteiger partial charge in [-0.2, -0.15) is 4.90 Å². The van der Waals surface area contributed by atoms with Crippen molar-refractivity contribution in [2.45, 2.75) is 46.6 Å². The van der Waals surface area contributed by atoms with Crippen molar-refractivity contribution in [1.82, 2.24) is 19.5 Å². The zero-order chi connectivity index (χ0) is 30.0. The molecule has 1 aromatic carbocycles. The Labute approximate surface area is 235 Å². The van der Waals surface area contributed by atoms with Gasteiger partial charge in [-0.25, -0.2) is 34.4 Å². The van der Waals surface area contributed by atoms with Crippen molar-refractivity contribution in [2.75, 3.05) is 0 Å². The second-order valence-corrected chi connectivity index (χ2v) is 10.3. The molecule has 2 heterocycles. The number of esters is 1. The molecule has 2 atom stereocenters. The van der Waals surface area contributed by atoms with Crippen LogP contribution in [-0.4, -0.2) is 48.2 Å². The van der Waals surface area contributed by atoms with Crippen LogP contribution in [0.1, 0.15) is 49.5 Å². The van der Waals surface area contributed by atoms with E-state index >= 15 is 0 Å². The first-order chi connectivity index (χ1) is 19.5. The first-order valence-corrected chi connectivity index (χ1v) is 12.8. The second-order valence-electron chi connectivity index (χ2n) is 10.3. The van der Waals surface area contributed by atoms with Crippen molar-refractivity contribution in [3.05, 3.63) is 71.7 Å². The molecule has 1 saturated carbocycles. The molecular weight excluding hydrogens is 534 g/mol. The number of rotatable bonds is 8. The third-order valence-electron chi connectivity index (χ3n) is 7.14. The highest BCUT2D eigenvalue weighted by Crippen LogP contribution is 2.41. The molecule has 216 valence electrons. The van der Waals surface area contributed by atoms with Gasteiger partial charge in [-0.3, -0.25) is 5.10 Å². The van der Waals surface area contributed by atoms with Crippen LogP contribution >= 0.6 is 0 Å². The molecule has 2 unspecified atom stereocenters. The maximum absolute atomic E-state index is 13.7. The van der Waals surface area contributed by atoms with E-state index in [1.165, 1.54) is 0 Å². The first kappa shape index (κ1) is 29.2. The number of hydrogen-bond donors (Lipinski definition) is 3. The summed E-state index contributed by atoms with van der Waals surface area (Å²) in [4.78, 5) is 43.1. The van der Waals surface area contributed by atoms with Crippen molar-refractivity contribution >= 4 is 23.4 Å². The number of nitrogens with one attached hydrogen (secondary N) is 1. The van der Waals surface area contributed by atoms with Crippen LogP contribution in [0.4, 0.5) is 10.5 Å². The molecule has 1 amide bonds. The summed E-state index contributed by atoms with van der Waals surface area (Å²) >= 11 is 0. The van der Waals surface area contributed by atoms with E-state index in [0.717, 1.165) is 22.9 Å². The van der Waals surface area contributed by atoms with E-state index in [1.807, 2.05) is 45.0 Å². The molecule has 0 bridgehead atoms. The Balaban J connectivity index is 1.83. The van der Waals surface area contributed by atoms with Crippen LogP contribution in [0.3, 0.4) is 0 Å². The Morgan fingerprint density at radius 2 is 1.68 bits per heavy atom. The Kier molecular flexibility index (Phi) is 8.36. The minimum Gasteiger partial charge on any atom is -0.459 e. The zero-order valence-corrected chi connectivity index (χ0v) is 23.1. The number of carbonyl (C=O) groups excluding carboxylic acids is 2. The lowest BCUT2D eigenvalue weighted by molar-refractivity contribution is -0.246. The van der Waals surface area contributed by atoms with E-state index in [0.29, 0.717) is 22.2 Å². The molecule has 4 rings (SSSR count). The molecule has 13 nitrogen and oxygen atoms in total. The fraction of sp³-hybridized carbons (Fsp3) is 0.357. The van der Waals surface area contributed by atoms with Gasteiger partial charge >= 0.3 is 12.1 Å². The van der Waals surface area contributed by atoms with Gasteiger partial charge in [0.25, 0.3) is 5.69 Å². The topological polar surface area (TPSA) is 152 Å². The SMILES string of the molecule is [C-]#[N+]c1c(C(=O)OC2C(C)CC(C)CC2C)c2nc(-c3ccc(C)cc3)[nH]n2c1OC(=O)N(C(=C)OO)C(=C)OO. The minimum atomic E-state index is -1.35. The maximum atomic E-state index is 13.7. The fourth-order valence-corrected chi connectivity index (χ4v) is 5.36. The molecule has 0 saturated heterocycles. The highest BCUT2D eigenvalue weighted by molar-refractivity contribution is 6.05. The average Bonchev–Trinajstić information content (AvgIpc) is 3.48. The lowest BCUT2D eigenvalue weighted by Crippen LogP contribution is -2.37. The predicted molar refractivity (Wildman–Crippen MR) is 145 cm³/mol. The molecule has 13 heteroatoms. The van der Waals surface area contributed by atoms with Crippen molar-refractivity contribution in [2.24, 2.45) is 17.8 Å². The number of aromatic amines is 1. The zero-order valence-electron chi connectivity index (χ0n) is 23.1. The van der Waals surface area contributed by atoms with Gasteiger partial charge in [0, 0.05) is 5.56 Å². The number of fused-ring (bicyclic) bond motifs is 1. The van der Waals surface area contributed by atoms with Gasteiger partial charge in [-0.15, -0.1) is 0 Å². The summed E-state index contributed by atoms with van der Waals surface area (Å²) in [6.45, 7) is 22.6. The van der Waals surface area contributed by atoms with Gasteiger partial charge in [0.15, 0.2) is 11.5 Å². The van der Waals surface area contributed by atoms with E-state index in [-0.39, 0.29) is 34.8 Å². The van der Waals surface area contributed by atoms with E-state index in [1.54, 1.807) is 0 Å². The van der Waals surface area contributed by atoms with Crippen LogP contribution < -0.4 is 4.74 Å². The van der Waals surface area contributed by atoms with E-state index < -0.39 is 29.7 Å². The third kappa shape index (κ3) is 5.60. The molecule has 0 spiro atoms. The molecule has 41 heavy (non-hydrogen) atoms. The molecule has 1 aliphatic carbocycles. The fourth-order valence-electron chi connectivity index (χ4n) is 5.36.